The van der Waals surface area contributed by atoms with Gasteiger partial charge in [0.25, 0.3) is 0 Å². The number of hydrogen-bond donors (Lipinski definition) is 2. The van der Waals surface area contributed by atoms with Crippen LogP contribution in [0.5, 0.6) is 0 Å². The SMILES string of the molecule is CCCCCCNS(=O)(=O)c1cc(N)c(Cl)cc1C. The number of hydrogen-bond acceptors (Lipinski definition) is 3. The minimum atomic E-state index is -3.51. The van der Waals surface area contributed by atoms with Crippen molar-refractivity contribution in [2.45, 2.75) is 44.4 Å². The van der Waals surface area contributed by atoms with Crippen LogP contribution in [0.25, 0.3) is 0 Å². The van der Waals surface area contributed by atoms with Gasteiger partial charge >= 0.3 is 0 Å². The van der Waals surface area contributed by atoms with Crippen LogP contribution in [0.15, 0.2) is 17.0 Å². The molecule has 0 spiro atoms. The summed E-state index contributed by atoms with van der Waals surface area (Å²) in [6.07, 6.45) is 4.12. The molecule has 3 N–H and O–H groups in total. The molecule has 19 heavy (non-hydrogen) atoms. The number of rotatable bonds is 7. The van der Waals surface area contributed by atoms with Crippen molar-refractivity contribution in [2.75, 3.05) is 12.3 Å². The molecule has 0 fully saturated rings. The van der Waals surface area contributed by atoms with Gasteiger partial charge in [0.05, 0.1) is 15.6 Å². The smallest absolute Gasteiger partial charge is 0.240 e. The lowest BCUT2D eigenvalue weighted by Gasteiger charge is -2.11. The van der Waals surface area contributed by atoms with Crippen LogP contribution < -0.4 is 10.5 Å². The third kappa shape index (κ3) is 4.67. The van der Waals surface area contributed by atoms with Crippen LogP contribution in [-0.4, -0.2) is 15.0 Å². The predicted octanol–water partition coefficient (Wildman–Crippen LogP) is 3.09. The largest absolute Gasteiger partial charge is 0.397 e. The summed E-state index contributed by atoms with van der Waals surface area (Å²) >= 11 is 5.86. The monoisotopic (exact) mass is 304 g/mol. The third-order valence-electron chi connectivity index (χ3n) is 2.91. The number of nitrogen functional groups attached to an aromatic ring is 1. The molecule has 0 aromatic heterocycles. The van der Waals surface area contributed by atoms with Crippen molar-refractivity contribution in [2.24, 2.45) is 0 Å². The average molecular weight is 305 g/mol. The lowest BCUT2D eigenvalue weighted by atomic mass is 10.2. The molecule has 0 bridgehead atoms. The maximum atomic E-state index is 12.1. The molecule has 0 saturated heterocycles. The molecule has 0 atom stereocenters. The number of sulfonamides is 1. The van der Waals surface area contributed by atoms with Crippen molar-refractivity contribution in [3.8, 4) is 0 Å². The highest BCUT2D eigenvalue weighted by Crippen LogP contribution is 2.26. The number of benzene rings is 1. The van der Waals surface area contributed by atoms with Gasteiger partial charge in [-0.25, -0.2) is 13.1 Å². The van der Waals surface area contributed by atoms with E-state index in [0.717, 1.165) is 25.7 Å². The number of aryl methyl sites for hydroxylation is 1. The van der Waals surface area contributed by atoms with E-state index in [0.29, 0.717) is 17.1 Å². The molecule has 108 valence electrons. The number of anilines is 1. The molecular formula is C13H21ClN2O2S. The van der Waals surface area contributed by atoms with E-state index in [2.05, 4.69) is 11.6 Å². The van der Waals surface area contributed by atoms with Crippen LogP contribution in [0, 0.1) is 6.92 Å². The van der Waals surface area contributed by atoms with Crippen molar-refractivity contribution in [1.29, 1.82) is 0 Å². The zero-order chi connectivity index (χ0) is 14.5. The first-order chi connectivity index (χ1) is 8.88. The highest BCUT2D eigenvalue weighted by molar-refractivity contribution is 7.89. The van der Waals surface area contributed by atoms with Crippen molar-refractivity contribution in [3.63, 3.8) is 0 Å². The molecule has 0 amide bonds. The van der Waals surface area contributed by atoms with E-state index in [4.69, 9.17) is 17.3 Å². The molecule has 1 aromatic carbocycles. The lowest BCUT2D eigenvalue weighted by molar-refractivity contribution is 0.573. The third-order valence-corrected chi connectivity index (χ3v) is 4.84. The molecule has 0 aliphatic rings. The van der Waals surface area contributed by atoms with Crippen molar-refractivity contribution >= 4 is 27.3 Å². The predicted molar refractivity (Wildman–Crippen MR) is 79.9 cm³/mol. The van der Waals surface area contributed by atoms with Crippen molar-refractivity contribution < 1.29 is 8.42 Å². The summed E-state index contributed by atoms with van der Waals surface area (Å²) in [5.74, 6) is 0. The topological polar surface area (TPSA) is 72.2 Å². The summed E-state index contributed by atoms with van der Waals surface area (Å²) in [5, 5.41) is 0.374. The maximum Gasteiger partial charge on any atom is 0.240 e. The molecule has 0 heterocycles. The lowest BCUT2D eigenvalue weighted by Crippen LogP contribution is -2.25. The van der Waals surface area contributed by atoms with Crippen LogP contribution in [0.4, 0.5) is 5.69 Å². The summed E-state index contributed by atoms with van der Waals surface area (Å²) in [7, 11) is -3.51. The number of nitrogens with one attached hydrogen (secondary N) is 1. The van der Waals surface area contributed by atoms with Gasteiger partial charge in [0.15, 0.2) is 0 Å². The van der Waals surface area contributed by atoms with Gasteiger partial charge in [-0.05, 0) is 31.0 Å². The van der Waals surface area contributed by atoms with E-state index >= 15 is 0 Å². The zero-order valence-corrected chi connectivity index (χ0v) is 12.9. The molecule has 0 unspecified atom stereocenters. The Morgan fingerprint density at radius 3 is 2.58 bits per heavy atom. The second kappa shape index (κ2) is 7.12. The summed E-state index contributed by atoms with van der Waals surface area (Å²) in [6.45, 7) is 4.27. The molecule has 1 aromatic rings. The molecule has 1 rings (SSSR count). The van der Waals surface area contributed by atoms with Crippen LogP contribution in [-0.2, 0) is 10.0 Å². The van der Waals surface area contributed by atoms with E-state index in [-0.39, 0.29) is 10.6 Å². The standard InChI is InChI=1S/C13H21ClN2O2S/c1-3-4-5-6-7-16-19(17,18)13-9-12(15)11(14)8-10(13)2/h8-9,16H,3-7,15H2,1-2H3. The number of unbranched alkanes of at least 4 members (excludes halogenated alkanes) is 3. The van der Waals surface area contributed by atoms with E-state index < -0.39 is 10.0 Å². The first-order valence-corrected chi connectivity index (χ1v) is 8.30. The summed E-state index contributed by atoms with van der Waals surface area (Å²) in [4.78, 5) is 0.199. The maximum absolute atomic E-state index is 12.1. The van der Waals surface area contributed by atoms with Crippen LogP contribution in [0.1, 0.15) is 38.2 Å². The van der Waals surface area contributed by atoms with E-state index in [1.165, 1.54) is 6.07 Å². The van der Waals surface area contributed by atoms with Crippen molar-refractivity contribution in [1.82, 2.24) is 4.72 Å². The highest BCUT2D eigenvalue weighted by Gasteiger charge is 2.17. The first-order valence-electron chi connectivity index (χ1n) is 6.43. The van der Waals surface area contributed by atoms with E-state index in [9.17, 15) is 8.42 Å². The van der Waals surface area contributed by atoms with Crippen LogP contribution >= 0.6 is 11.6 Å². The molecule has 4 nitrogen and oxygen atoms in total. The summed E-state index contributed by atoms with van der Waals surface area (Å²) < 4.78 is 26.9. The van der Waals surface area contributed by atoms with Gasteiger partial charge in [-0.1, -0.05) is 37.8 Å². The Morgan fingerprint density at radius 1 is 1.26 bits per heavy atom. The fraction of sp³-hybridized carbons (Fsp3) is 0.538. The fourth-order valence-corrected chi connectivity index (χ4v) is 3.35. The molecule has 0 saturated carbocycles. The fourth-order valence-electron chi connectivity index (χ4n) is 1.79. The van der Waals surface area contributed by atoms with Crippen LogP contribution in [0.2, 0.25) is 5.02 Å². The minimum Gasteiger partial charge on any atom is -0.397 e. The molecule has 0 aliphatic carbocycles. The number of halogens is 1. The van der Waals surface area contributed by atoms with Gasteiger partial charge in [0, 0.05) is 6.54 Å². The second-order valence-electron chi connectivity index (χ2n) is 4.60. The normalized spacial score (nSPS) is 11.7. The molecular weight excluding hydrogens is 284 g/mol. The Bertz CT molecular complexity index is 530. The van der Waals surface area contributed by atoms with Gasteiger partial charge in [0.2, 0.25) is 10.0 Å². The van der Waals surface area contributed by atoms with Crippen molar-refractivity contribution in [3.05, 3.63) is 22.7 Å². The minimum absolute atomic E-state index is 0.199. The van der Waals surface area contributed by atoms with E-state index in [1.807, 2.05) is 0 Å². The number of nitrogens with two attached hydrogens (primary N) is 1. The summed E-state index contributed by atoms with van der Waals surface area (Å²) in [5.41, 5.74) is 6.53. The van der Waals surface area contributed by atoms with E-state index in [1.54, 1.807) is 13.0 Å². The first kappa shape index (κ1) is 16.3. The van der Waals surface area contributed by atoms with Gasteiger partial charge in [-0.2, -0.15) is 0 Å². The Balaban J connectivity index is 2.75. The Morgan fingerprint density at radius 2 is 1.95 bits per heavy atom. The Labute approximate surface area is 120 Å². The highest BCUT2D eigenvalue weighted by atomic mass is 35.5. The second-order valence-corrected chi connectivity index (χ2v) is 6.74. The summed E-state index contributed by atoms with van der Waals surface area (Å²) in [6, 6.07) is 2.98. The van der Waals surface area contributed by atoms with Gasteiger partial charge < -0.3 is 5.73 Å². The van der Waals surface area contributed by atoms with Gasteiger partial charge in [-0.15, -0.1) is 0 Å². The zero-order valence-electron chi connectivity index (χ0n) is 11.4. The quantitative estimate of drug-likeness (QED) is 0.600. The van der Waals surface area contributed by atoms with Gasteiger partial charge in [-0.3, -0.25) is 0 Å². The average Bonchev–Trinajstić information content (AvgIpc) is 2.33. The Hall–Kier alpha value is -0.780. The molecule has 0 aliphatic heterocycles. The molecule has 6 heteroatoms. The Kier molecular flexibility index (Phi) is 6.10. The van der Waals surface area contributed by atoms with Crippen LogP contribution in [0.3, 0.4) is 0 Å². The molecule has 0 radical (unpaired) electrons. The van der Waals surface area contributed by atoms with Gasteiger partial charge in [0.1, 0.15) is 0 Å².